The van der Waals surface area contributed by atoms with Gasteiger partial charge in [0, 0.05) is 23.5 Å². The van der Waals surface area contributed by atoms with Crippen molar-refractivity contribution in [3.63, 3.8) is 0 Å². The molecule has 3 aliphatic rings. The van der Waals surface area contributed by atoms with E-state index >= 15 is 0 Å². The molecule has 3 saturated carbocycles. The molecule has 1 aromatic rings. The Morgan fingerprint density at radius 1 is 1.27 bits per heavy atom. The van der Waals surface area contributed by atoms with Crippen molar-refractivity contribution in [3.05, 3.63) is 42.0 Å². The largest absolute Gasteiger partial charge is 0.299 e. The predicted molar refractivity (Wildman–Crippen MR) is 100 cm³/mol. The second-order valence-corrected chi connectivity index (χ2v) is 9.63. The van der Waals surface area contributed by atoms with Crippen LogP contribution in [0.2, 0.25) is 0 Å². The topological polar surface area (TPSA) is 75.6 Å². The standard InChI is InChI=1S/C20H24N2O3S/c1-13-6-8-16(9-7-13)26(24,25)22-21-19-5-3-4-15-10-18(23)17-12-20(15,19)11-14(17)2/h6-9,15,17,22H,2-5,10-12H2,1H3/b21-19+/t15-,17-,20+/m1/s1. The number of ketones is 1. The lowest BCUT2D eigenvalue weighted by Gasteiger charge is -2.44. The number of aryl methyl sites for hydroxylation is 1. The summed E-state index contributed by atoms with van der Waals surface area (Å²) in [5, 5.41) is 4.39. The number of hydrazone groups is 1. The number of nitrogens with one attached hydrogen (secondary N) is 1. The first-order valence-electron chi connectivity index (χ1n) is 9.18. The van der Waals surface area contributed by atoms with E-state index in [0.717, 1.165) is 49.0 Å². The molecule has 0 aliphatic heterocycles. The van der Waals surface area contributed by atoms with E-state index in [1.54, 1.807) is 24.3 Å². The first kappa shape index (κ1) is 17.5. The highest BCUT2D eigenvalue weighted by Crippen LogP contribution is 2.59. The van der Waals surface area contributed by atoms with E-state index in [4.69, 9.17) is 0 Å². The Morgan fingerprint density at radius 3 is 2.73 bits per heavy atom. The summed E-state index contributed by atoms with van der Waals surface area (Å²) in [4.78, 5) is 15.0. The van der Waals surface area contributed by atoms with E-state index in [2.05, 4.69) is 16.5 Å². The van der Waals surface area contributed by atoms with Gasteiger partial charge in [-0.05, 0) is 57.1 Å². The number of hydrogen-bond acceptors (Lipinski definition) is 4. The molecule has 3 atom stereocenters. The minimum atomic E-state index is -3.69. The molecule has 1 aromatic carbocycles. The Balaban J connectivity index is 1.63. The summed E-state index contributed by atoms with van der Waals surface area (Å²) in [5.41, 5.74) is 2.73. The molecule has 6 heteroatoms. The van der Waals surface area contributed by atoms with E-state index in [1.807, 2.05) is 6.92 Å². The molecular formula is C20H24N2O3S. The summed E-state index contributed by atoms with van der Waals surface area (Å²) >= 11 is 0. The Hall–Kier alpha value is -1.95. The number of fused-ring (bicyclic) bond motifs is 1. The summed E-state index contributed by atoms with van der Waals surface area (Å²) in [6.07, 6.45) is 4.82. The molecule has 26 heavy (non-hydrogen) atoms. The van der Waals surface area contributed by atoms with Crippen LogP contribution in [0.15, 0.2) is 46.4 Å². The molecule has 0 unspecified atom stereocenters. The van der Waals surface area contributed by atoms with Crippen LogP contribution in [0.3, 0.4) is 0 Å². The number of rotatable bonds is 3. The maximum Gasteiger partial charge on any atom is 0.276 e. The minimum absolute atomic E-state index is 0.0664. The number of nitrogens with zero attached hydrogens (tertiary/aromatic N) is 1. The van der Waals surface area contributed by atoms with Crippen molar-refractivity contribution in [1.29, 1.82) is 0 Å². The zero-order valence-electron chi connectivity index (χ0n) is 15.0. The van der Waals surface area contributed by atoms with Crippen LogP contribution in [0.5, 0.6) is 0 Å². The fraction of sp³-hybridized carbons (Fsp3) is 0.500. The van der Waals surface area contributed by atoms with Gasteiger partial charge in [0.2, 0.25) is 0 Å². The van der Waals surface area contributed by atoms with Gasteiger partial charge in [-0.1, -0.05) is 29.8 Å². The van der Waals surface area contributed by atoms with Crippen LogP contribution in [-0.4, -0.2) is 19.9 Å². The van der Waals surface area contributed by atoms with Crippen LogP contribution in [0.4, 0.5) is 0 Å². The molecule has 0 heterocycles. The number of Topliss-reactive ketones (excluding diaryl/α,β-unsaturated/α-hetero) is 1. The number of benzene rings is 1. The van der Waals surface area contributed by atoms with Gasteiger partial charge in [-0.3, -0.25) is 4.79 Å². The number of carbonyl (C=O) groups excluding carboxylic acids is 1. The lowest BCUT2D eigenvalue weighted by molar-refractivity contribution is -0.125. The van der Waals surface area contributed by atoms with Crippen LogP contribution in [0, 0.1) is 24.2 Å². The third-order valence-electron chi connectivity index (χ3n) is 6.39. The summed E-state index contributed by atoms with van der Waals surface area (Å²) < 4.78 is 25.2. The molecule has 2 bridgehead atoms. The predicted octanol–water partition coefficient (Wildman–Crippen LogP) is 3.35. The van der Waals surface area contributed by atoms with Crippen LogP contribution in [0.1, 0.15) is 44.1 Å². The highest BCUT2D eigenvalue weighted by Gasteiger charge is 2.57. The van der Waals surface area contributed by atoms with E-state index in [-0.39, 0.29) is 22.1 Å². The zero-order valence-corrected chi connectivity index (χ0v) is 15.8. The van der Waals surface area contributed by atoms with Gasteiger partial charge in [-0.25, -0.2) is 4.83 Å². The highest BCUT2D eigenvalue weighted by atomic mass is 32.2. The molecule has 0 aromatic heterocycles. The zero-order chi connectivity index (χ0) is 18.5. The summed E-state index contributed by atoms with van der Waals surface area (Å²) in [6, 6.07) is 6.73. The molecule has 0 radical (unpaired) electrons. The molecule has 138 valence electrons. The lowest BCUT2D eigenvalue weighted by Crippen LogP contribution is -2.45. The maximum atomic E-state index is 12.6. The van der Waals surface area contributed by atoms with Crippen LogP contribution in [-0.2, 0) is 14.8 Å². The van der Waals surface area contributed by atoms with Crippen LogP contribution in [0.25, 0.3) is 0 Å². The molecule has 3 aliphatic carbocycles. The second-order valence-electron chi connectivity index (χ2n) is 7.97. The van der Waals surface area contributed by atoms with Crippen molar-refractivity contribution in [2.75, 3.05) is 0 Å². The Labute approximate surface area is 154 Å². The van der Waals surface area contributed by atoms with E-state index in [0.29, 0.717) is 12.2 Å². The van der Waals surface area contributed by atoms with Crippen LogP contribution >= 0.6 is 0 Å². The molecule has 1 N–H and O–H groups in total. The summed E-state index contributed by atoms with van der Waals surface area (Å²) in [5.74, 6) is 0.500. The van der Waals surface area contributed by atoms with Crippen molar-refractivity contribution >= 4 is 21.5 Å². The SMILES string of the molecule is C=C1C[C@]23C[C@H]1C(=O)C[C@H]2CCC/C3=N\NS(=O)(=O)c1ccc(C)cc1. The summed E-state index contributed by atoms with van der Waals surface area (Å²) in [6.45, 7) is 6.03. The van der Waals surface area contributed by atoms with Gasteiger partial charge in [0.25, 0.3) is 10.0 Å². The molecule has 1 spiro atoms. The fourth-order valence-electron chi connectivity index (χ4n) is 4.99. The number of carbonyl (C=O) groups is 1. The molecule has 4 rings (SSSR count). The lowest BCUT2D eigenvalue weighted by atomic mass is 9.59. The second kappa shape index (κ2) is 6.05. The Kier molecular flexibility index (Phi) is 4.06. The molecule has 0 amide bonds. The van der Waals surface area contributed by atoms with Crippen molar-refractivity contribution in [2.45, 2.75) is 50.3 Å². The fourth-order valence-corrected chi connectivity index (χ4v) is 5.82. The monoisotopic (exact) mass is 372 g/mol. The van der Waals surface area contributed by atoms with Crippen molar-refractivity contribution in [3.8, 4) is 0 Å². The van der Waals surface area contributed by atoms with Crippen molar-refractivity contribution in [1.82, 2.24) is 4.83 Å². The first-order valence-corrected chi connectivity index (χ1v) is 10.7. The first-order chi connectivity index (χ1) is 12.3. The molecule has 0 saturated heterocycles. The van der Waals surface area contributed by atoms with Gasteiger partial charge in [0.1, 0.15) is 5.78 Å². The third-order valence-corrected chi connectivity index (χ3v) is 7.62. The third kappa shape index (κ3) is 2.71. The Morgan fingerprint density at radius 2 is 2.00 bits per heavy atom. The highest BCUT2D eigenvalue weighted by molar-refractivity contribution is 7.89. The number of allylic oxidation sites excluding steroid dienone is 1. The van der Waals surface area contributed by atoms with Gasteiger partial charge >= 0.3 is 0 Å². The average Bonchev–Trinajstić information content (AvgIpc) is 2.89. The van der Waals surface area contributed by atoms with Gasteiger partial charge < -0.3 is 0 Å². The quantitative estimate of drug-likeness (QED) is 0.653. The smallest absolute Gasteiger partial charge is 0.276 e. The maximum absolute atomic E-state index is 12.6. The Bertz CT molecular complexity index is 901. The van der Waals surface area contributed by atoms with Gasteiger partial charge in [-0.15, -0.1) is 0 Å². The van der Waals surface area contributed by atoms with Gasteiger partial charge in [0.15, 0.2) is 0 Å². The summed E-state index contributed by atoms with van der Waals surface area (Å²) in [7, 11) is -3.69. The van der Waals surface area contributed by atoms with Crippen molar-refractivity contribution < 1.29 is 13.2 Å². The normalized spacial score (nSPS) is 32.6. The molecule has 3 fully saturated rings. The molecular weight excluding hydrogens is 348 g/mol. The number of hydrogen-bond donors (Lipinski definition) is 1. The van der Waals surface area contributed by atoms with E-state index in [1.165, 1.54) is 0 Å². The van der Waals surface area contributed by atoms with Gasteiger partial charge in [-0.2, -0.15) is 13.5 Å². The number of sulfonamides is 1. The van der Waals surface area contributed by atoms with Gasteiger partial charge in [0.05, 0.1) is 4.90 Å². The molecule has 5 nitrogen and oxygen atoms in total. The van der Waals surface area contributed by atoms with E-state index < -0.39 is 10.0 Å². The average molecular weight is 372 g/mol. The minimum Gasteiger partial charge on any atom is -0.299 e. The van der Waals surface area contributed by atoms with Crippen molar-refractivity contribution in [2.24, 2.45) is 22.4 Å². The van der Waals surface area contributed by atoms with Crippen LogP contribution < -0.4 is 4.83 Å². The van der Waals surface area contributed by atoms with E-state index in [9.17, 15) is 13.2 Å².